The van der Waals surface area contributed by atoms with Crippen LogP contribution in [0.2, 0.25) is 0 Å². The summed E-state index contributed by atoms with van der Waals surface area (Å²) >= 11 is 0. The van der Waals surface area contributed by atoms with Gasteiger partial charge < -0.3 is 5.32 Å². The number of aryl methyl sites for hydroxylation is 3. The van der Waals surface area contributed by atoms with Crippen LogP contribution in [0.25, 0.3) is 11.5 Å². The van der Waals surface area contributed by atoms with E-state index in [1.54, 1.807) is 6.20 Å². The zero-order valence-electron chi connectivity index (χ0n) is 13.4. The van der Waals surface area contributed by atoms with Crippen LogP contribution in [0.5, 0.6) is 0 Å². The number of pyridine rings is 1. The molecule has 0 bridgehead atoms. The second kappa shape index (κ2) is 7.27. The molecular weight excluding hydrogens is 260 g/mol. The Kier molecular flexibility index (Phi) is 5.39. The summed E-state index contributed by atoms with van der Waals surface area (Å²) in [6.45, 7) is 10.2. The van der Waals surface area contributed by atoms with Gasteiger partial charge in [0.1, 0.15) is 5.69 Å². The van der Waals surface area contributed by atoms with Crippen molar-refractivity contribution in [3.63, 3.8) is 0 Å². The smallest absolute Gasteiger partial charge is 0.178 e. The molecule has 0 aliphatic heterocycles. The van der Waals surface area contributed by atoms with Crippen molar-refractivity contribution in [1.82, 2.24) is 20.3 Å². The van der Waals surface area contributed by atoms with Gasteiger partial charge >= 0.3 is 0 Å². The van der Waals surface area contributed by atoms with E-state index in [2.05, 4.69) is 54.0 Å². The Morgan fingerprint density at radius 3 is 2.43 bits per heavy atom. The zero-order valence-corrected chi connectivity index (χ0v) is 13.4. The molecule has 112 valence electrons. The molecule has 0 unspecified atom stereocenters. The third-order valence-electron chi connectivity index (χ3n) is 3.63. The first-order valence-corrected chi connectivity index (χ1v) is 7.66. The molecule has 4 nitrogen and oxygen atoms in total. The van der Waals surface area contributed by atoms with E-state index in [1.807, 2.05) is 6.07 Å². The predicted molar refractivity (Wildman–Crippen MR) is 86.1 cm³/mol. The van der Waals surface area contributed by atoms with E-state index in [0.29, 0.717) is 0 Å². The Hall–Kier alpha value is -1.81. The second-order valence-electron chi connectivity index (χ2n) is 5.24. The van der Waals surface area contributed by atoms with E-state index in [0.717, 1.165) is 48.8 Å². The standard InChI is InChI=1S/C17H24N4/c1-5-9-18-11-15-12(3)20-17(21-13(15)4)16-14(6-2)8-7-10-19-16/h7-8,10,18H,5-6,9,11H2,1-4H3. The molecule has 0 amide bonds. The Morgan fingerprint density at radius 1 is 1.10 bits per heavy atom. The molecule has 2 aromatic heterocycles. The minimum atomic E-state index is 0.738. The quantitative estimate of drug-likeness (QED) is 0.828. The van der Waals surface area contributed by atoms with Gasteiger partial charge in [-0.15, -0.1) is 0 Å². The number of aromatic nitrogens is 3. The summed E-state index contributed by atoms with van der Waals surface area (Å²) in [5.41, 5.74) is 5.36. The Bertz CT molecular complexity index is 584. The summed E-state index contributed by atoms with van der Waals surface area (Å²) in [4.78, 5) is 13.8. The van der Waals surface area contributed by atoms with Gasteiger partial charge in [0.2, 0.25) is 0 Å². The first-order valence-electron chi connectivity index (χ1n) is 7.66. The number of rotatable bonds is 6. The average molecular weight is 284 g/mol. The number of nitrogens with one attached hydrogen (secondary N) is 1. The normalized spacial score (nSPS) is 10.9. The highest BCUT2D eigenvalue weighted by molar-refractivity contribution is 5.55. The van der Waals surface area contributed by atoms with Gasteiger partial charge in [0.25, 0.3) is 0 Å². The zero-order chi connectivity index (χ0) is 15.2. The van der Waals surface area contributed by atoms with E-state index in [4.69, 9.17) is 0 Å². The van der Waals surface area contributed by atoms with Crippen molar-refractivity contribution in [2.24, 2.45) is 0 Å². The molecule has 0 radical (unpaired) electrons. The second-order valence-corrected chi connectivity index (χ2v) is 5.24. The maximum atomic E-state index is 4.68. The lowest BCUT2D eigenvalue weighted by molar-refractivity contribution is 0.665. The highest BCUT2D eigenvalue weighted by Crippen LogP contribution is 2.20. The fourth-order valence-corrected chi connectivity index (χ4v) is 2.42. The van der Waals surface area contributed by atoms with Crippen LogP contribution in [-0.2, 0) is 13.0 Å². The van der Waals surface area contributed by atoms with Crippen molar-refractivity contribution in [3.8, 4) is 11.5 Å². The number of hydrogen-bond donors (Lipinski definition) is 1. The molecule has 0 spiro atoms. The molecule has 2 rings (SSSR count). The van der Waals surface area contributed by atoms with Gasteiger partial charge in [-0.25, -0.2) is 9.97 Å². The van der Waals surface area contributed by atoms with Crippen LogP contribution in [0.4, 0.5) is 0 Å². The molecule has 4 heteroatoms. The molecule has 0 aliphatic carbocycles. The summed E-state index contributed by atoms with van der Waals surface area (Å²) in [6.07, 6.45) is 3.87. The van der Waals surface area contributed by atoms with Crippen LogP contribution >= 0.6 is 0 Å². The van der Waals surface area contributed by atoms with Crippen molar-refractivity contribution >= 4 is 0 Å². The fraction of sp³-hybridized carbons (Fsp3) is 0.471. The van der Waals surface area contributed by atoms with Gasteiger partial charge in [0.15, 0.2) is 5.82 Å². The van der Waals surface area contributed by atoms with E-state index >= 15 is 0 Å². The summed E-state index contributed by atoms with van der Waals surface area (Å²) in [6, 6.07) is 4.05. The molecule has 21 heavy (non-hydrogen) atoms. The van der Waals surface area contributed by atoms with Crippen LogP contribution in [0.3, 0.4) is 0 Å². The molecular formula is C17H24N4. The van der Waals surface area contributed by atoms with E-state index < -0.39 is 0 Å². The Balaban J connectivity index is 2.35. The summed E-state index contributed by atoms with van der Waals surface area (Å²) < 4.78 is 0. The lowest BCUT2D eigenvalue weighted by atomic mass is 10.1. The summed E-state index contributed by atoms with van der Waals surface area (Å²) in [7, 11) is 0. The third-order valence-corrected chi connectivity index (χ3v) is 3.63. The molecule has 0 saturated carbocycles. The van der Waals surface area contributed by atoms with Crippen molar-refractivity contribution in [3.05, 3.63) is 40.8 Å². The lowest BCUT2D eigenvalue weighted by Crippen LogP contribution is -2.17. The van der Waals surface area contributed by atoms with Crippen LogP contribution < -0.4 is 5.32 Å². The molecule has 0 aliphatic rings. The lowest BCUT2D eigenvalue weighted by Gasteiger charge is -2.12. The van der Waals surface area contributed by atoms with Gasteiger partial charge in [-0.2, -0.15) is 0 Å². The summed E-state index contributed by atoms with van der Waals surface area (Å²) in [5, 5.41) is 3.42. The topological polar surface area (TPSA) is 50.7 Å². The van der Waals surface area contributed by atoms with E-state index in [-0.39, 0.29) is 0 Å². The largest absolute Gasteiger partial charge is 0.313 e. The first kappa shape index (κ1) is 15.6. The van der Waals surface area contributed by atoms with Crippen molar-refractivity contribution < 1.29 is 0 Å². The predicted octanol–water partition coefficient (Wildman–Crippen LogP) is 3.22. The highest BCUT2D eigenvalue weighted by atomic mass is 14.9. The third kappa shape index (κ3) is 3.64. The monoisotopic (exact) mass is 284 g/mol. The summed E-state index contributed by atoms with van der Waals surface area (Å²) in [5.74, 6) is 0.738. The highest BCUT2D eigenvalue weighted by Gasteiger charge is 2.12. The van der Waals surface area contributed by atoms with Crippen LogP contribution in [0.1, 0.15) is 42.8 Å². The molecule has 0 aromatic carbocycles. The fourth-order valence-electron chi connectivity index (χ4n) is 2.42. The maximum Gasteiger partial charge on any atom is 0.178 e. The van der Waals surface area contributed by atoms with Crippen molar-refractivity contribution in [2.45, 2.75) is 47.1 Å². The van der Waals surface area contributed by atoms with Crippen LogP contribution in [0, 0.1) is 13.8 Å². The molecule has 0 saturated heterocycles. The SMILES string of the molecule is CCCNCc1c(C)nc(-c2ncccc2CC)nc1C. The average Bonchev–Trinajstić information content (AvgIpc) is 2.49. The van der Waals surface area contributed by atoms with Gasteiger partial charge in [0.05, 0.1) is 0 Å². The van der Waals surface area contributed by atoms with Crippen molar-refractivity contribution in [2.75, 3.05) is 6.54 Å². The van der Waals surface area contributed by atoms with Gasteiger partial charge in [-0.3, -0.25) is 4.98 Å². The van der Waals surface area contributed by atoms with Crippen LogP contribution in [0.15, 0.2) is 18.3 Å². The van der Waals surface area contributed by atoms with E-state index in [9.17, 15) is 0 Å². The Labute approximate surface area is 127 Å². The number of nitrogens with zero attached hydrogens (tertiary/aromatic N) is 3. The van der Waals surface area contributed by atoms with Crippen LogP contribution in [-0.4, -0.2) is 21.5 Å². The Morgan fingerprint density at radius 2 is 1.81 bits per heavy atom. The van der Waals surface area contributed by atoms with Gasteiger partial charge in [0, 0.05) is 29.7 Å². The van der Waals surface area contributed by atoms with Crippen molar-refractivity contribution in [1.29, 1.82) is 0 Å². The van der Waals surface area contributed by atoms with E-state index in [1.165, 1.54) is 11.1 Å². The van der Waals surface area contributed by atoms with Gasteiger partial charge in [-0.1, -0.05) is 19.9 Å². The molecule has 1 N–H and O–H groups in total. The first-order chi connectivity index (χ1) is 10.2. The molecule has 2 heterocycles. The maximum absolute atomic E-state index is 4.68. The minimum Gasteiger partial charge on any atom is -0.313 e. The molecule has 0 atom stereocenters. The number of hydrogen-bond acceptors (Lipinski definition) is 4. The van der Waals surface area contributed by atoms with Gasteiger partial charge in [-0.05, 0) is 44.9 Å². The molecule has 0 fully saturated rings. The minimum absolute atomic E-state index is 0.738. The molecule has 2 aromatic rings.